The smallest absolute Gasteiger partial charge is 0.0965 e. The average Bonchev–Trinajstić information content (AvgIpc) is 3.44. The lowest BCUT2D eigenvalue weighted by Gasteiger charge is -2.28. The number of nitrogens with zero attached hydrogens (tertiary/aromatic N) is 6. The van der Waals surface area contributed by atoms with Gasteiger partial charge in [-0.25, -0.2) is 0 Å². The lowest BCUT2D eigenvalue weighted by Crippen LogP contribution is -2.12. The molecule has 0 bridgehead atoms. The molecule has 0 fully saturated rings. The Kier molecular flexibility index (Phi) is 12.4. The molecule has 0 aliphatic rings. The van der Waals surface area contributed by atoms with E-state index in [9.17, 15) is 0 Å². The quantitative estimate of drug-likeness (QED) is 0.108. The van der Waals surface area contributed by atoms with Crippen molar-refractivity contribution in [3.8, 4) is 22.5 Å². The van der Waals surface area contributed by atoms with Crippen molar-refractivity contribution in [2.45, 2.75) is 0 Å². The molecule has 0 aliphatic heterocycles. The van der Waals surface area contributed by atoms with E-state index >= 15 is 0 Å². The summed E-state index contributed by atoms with van der Waals surface area (Å²) in [5.74, 6) is 0. The summed E-state index contributed by atoms with van der Waals surface area (Å²) in [5, 5.41) is 0. The van der Waals surface area contributed by atoms with E-state index in [1.165, 1.54) is 0 Å². The van der Waals surface area contributed by atoms with Crippen LogP contribution in [0.3, 0.4) is 0 Å². The van der Waals surface area contributed by atoms with E-state index in [1.54, 1.807) is 12.4 Å². The fourth-order valence-corrected chi connectivity index (χ4v) is 9.05. The largest absolute Gasteiger partial charge is 0.311 e. The molecule has 0 aliphatic carbocycles. The lowest BCUT2D eigenvalue weighted by molar-refractivity contribution is 1.20. The number of aromatic nitrogens is 2. The summed E-state index contributed by atoms with van der Waals surface area (Å²) >= 11 is 0. The molecule has 11 aromatic rings. The molecule has 0 spiro atoms. The molecule has 0 amide bonds. The van der Waals surface area contributed by atoms with Gasteiger partial charge in [-0.2, -0.15) is 0 Å². The van der Waals surface area contributed by atoms with Crippen LogP contribution in [0.4, 0.5) is 68.2 Å². The van der Waals surface area contributed by atoms with Gasteiger partial charge in [0.1, 0.15) is 0 Å². The van der Waals surface area contributed by atoms with Gasteiger partial charge in [0, 0.05) is 91.8 Å². The predicted octanol–water partition coefficient (Wildman–Crippen LogP) is 17.7. The van der Waals surface area contributed by atoms with Gasteiger partial charge in [-0.3, -0.25) is 9.97 Å². The Morgan fingerprint density at radius 2 is 0.329 bits per heavy atom. The van der Waals surface area contributed by atoms with Gasteiger partial charge >= 0.3 is 0 Å². The zero-order chi connectivity index (χ0) is 46.9. The molecule has 0 N–H and O–H groups in total. The van der Waals surface area contributed by atoms with Crippen LogP contribution in [-0.4, -0.2) is 9.97 Å². The Hall–Kier alpha value is -9.52. The normalized spacial score (nSPS) is 10.9. The fraction of sp³-hybridized carbons (Fsp3) is 0. The average molecular weight is 901 g/mol. The summed E-state index contributed by atoms with van der Waals surface area (Å²) in [6, 6.07) is 97.8. The third-order valence-electron chi connectivity index (χ3n) is 12.3. The third kappa shape index (κ3) is 9.13. The number of benzene rings is 10. The van der Waals surface area contributed by atoms with Crippen LogP contribution >= 0.6 is 0 Å². The zero-order valence-electron chi connectivity index (χ0n) is 38.4. The minimum Gasteiger partial charge on any atom is -0.311 e. The van der Waals surface area contributed by atoms with Crippen molar-refractivity contribution in [3.05, 3.63) is 291 Å². The first-order chi connectivity index (χ1) is 34.7. The highest BCUT2D eigenvalue weighted by Crippen LogP contribution is 2.42. The highest BCUT2D eigenvalue weighted by atomic mass is 15.2. The second-order valence-electron chi connectivity index (χ2n) is 16.7. The molecule has 1 aromatic heterocycles. The molecule has 334 valence electrons. The van der Waals surface area contributed by atoms with E-state index in [-0.39, 0.29) is 0 Å². The van der Waals surface area contributed by atoms with E-state index in [0.717, 1.165) is 90.8 Å². The van der Waals surface area contributed by atoms with E-state index in [0.29, 0.717) is 0 Å². The standard InChI is InChI=1S/C64H48N6/c1-7-19-51(20-8-1)67(52-21-9-2-10-22-52)59-39-43-61(44-40-59)69(55-27-15-5-16-28-55)57-35-31-49(32-36-57)63-64(66-48-47-65-63)50-33-37-58(38-34-50)70(56-29-17-6-18-30-56)62-45-41-60(42-46-62)68(53-23-11-3-12-24-53)54-25-13-4-14-26-54/h1-48H. The van der Waals surface area contributed by atoms with Crippen molar-refractivity contribution in [1.82, 2.24) is 9.97 Å². The van der Waals surface area contributed by atoms with Gasteiger partial charge in [0.2, 0.25) is 0 Å². The van der Waals surface area contributed by atoms with E-state index in [2.05, 4.69) is 299 Å². The second kappa shape index (κ2) is 20.1. The van der Waals surface area contributed by atoms with Crippen LogP contribution < -0.4 is 19.6 Å². The Morgan fingerprint density at radius 1 is 0.171 bits per heavy atom. The summed E-state index contributed by atoms with van der Waals surface area (Å²) in [4.78, 5) is 19.0. The second-order valence-corrected chi connectivity index (χ2v) is 16.7. The van der Waals surface area contributed by atoms with Crippen molar-refractivity contribution < 1.29 is 0 Å². The maximum Gasteiger partial charge on any atom is 0.0965 e. The Bertz CT molecular complexity index is 3070. The molecule has 0 saturated carbocycles. The predicted molar refractivity (Wildman–Crippen MR) is 292 cm³/mol. The lowest BCUT2D eigenvalue weighted by atomic mass is 10.0. The van der Waals surface area contributed by atoms with Gasteiger partial charge in [-0.1, -0.05) is 133 Å². The molecule has 0 saturated heterocycles. The molecule has 0 radical (unpaired) electrons. The van der Waals surface area contributed by atoms with Crippen LogP contribution in [0.1, 0.15) is 0 Å². The van der Waals surface area contributed by atoms with Crippen molar-refractivity contribution in [2.24, 2.45) is 0 Å². The molecule has 1 heterocycles. The number of para-hydroxylation sites is 6. The van der Waals surface area contributed by atoms with Gasteiger partial charge in [0.05, 0.1) is 11.4 Å². The Balaban J connectivity index is 0.885. The molecule has 11 rings (SSSR count). The topological polar surface area (TPSA) is 38.7 Å². The van der Waals surface area contributed by atoms with Gasteiger partial charge in [0.25, 0.3) is 0 Å². The minimum atomic E-state index is 0.816. The first-order valence-corrected chi connectivity index (χ1v) is 23.5. The van der Waals surface area contributed by atoms with Crippen LogP contribution in [0.15, 0.2) is 291 Å². The maximum absolute atomic E-state index is 4.92. The van der Waals surface area contributed by atoms with Crippen LogP contribution in [0.2, 0.25) is 0 Å². The first-order valence-electron chi connectivity index (χ1n) is 23.5. The molecule has 6 heteroatoms. The third-order valence-corrected chi connectivity index (χ3v) is 12.3. The van der Waals surface area contributed by atoms with Crippen LogP contribution in [-0.2, 0) is 0 Å². The van der Waals surface area contributed by atoms with Gasteiger partial charge < -0.3 is 19.6 Å². The van der Waals surface area contributed by atoms with Gasteiger partial charge in [0.15, 0.2) is 0 Å². The first kappa shape index (κ1) is 43.1. The molecule has 70 heavy (non-hydrogen) atoms. The van der Waals surface area contributed by atoms with E-state index < -0.39 is 0 Å². The number of hydrogen-bond acceptors (Lipinski definition) is 6. The highest BCUT2D eigenvalue weighted by Gasteiger charge is 2.19. The Morgan fingerprint density at radius 3 is 0.514 bits per heavy atom. The minimum absolute atomic E-state index is 0.816. The van der Waals surface area contributed by atoms with Gasteiger partial charge in [-0.15, -0.1) is 0 Å². The maximum atomic E-state index is 4.92. The summed E-state index contributed by atoms with van der Waals surface area (Å²) in [6.45, 7) is 0. The van der Waals surface area contributed by atoms with E-state index in [4.69, 9.17) is 9.97 Å². The number of anilines is 12. The molecular weight excluding hydrogens is 853 g/mol. The van der Waals surface area contributed by atoms with Crippen molar-refractivity contribution in [2.75, 3.05) is 19.6 Å². The number of hydrogen-bond donors (Lipinski definition) is 0. The van der Waals surface area contributed by atoms with Crippen molar-refractivity contribution >= 4 is 68.2 Å². The highest BCUT2D eigenvalue weighted by molar-refractivity contribution is 5.86. The molecule has 0 atom stereocenters. The van der Waals surface area contributed by atoms with Crippen molar-refractivity contribution in [1.29, 1.82) is 0 Å². The van der Waals surface area contributed by atoms with E-state index in [1.807, 2.05) is 0 Å². The SMILES string of the molecule is c1ccc(N(c2ccccc2)c2ccc(N(c3ccccc3)c3ccc(-c4nccnc4-c4ccc(N(c5ccccc5)c5ccc(N(c6ccccc6)c6ccccc6)cc5)cc4)cc3)cc2)cc1. The summed E-state index contributed by atoms with van der Waals surface area (Å²) < 4.78 is 0. The van der Waals surface area contributed by atoms with Crippen molar-refractivity contribution in [3.63, 3.8) is 0 Å². The fourth-order valence-electron chi connectivity index (χ4n) is 9.05. The van der Waals surface area contributed by atoms with Crippen LogP contribution in [0.25, 0.3) is 22.5 Å². The van der Waals surface area contributed by atoms with Crippen LogP contribution in [0, 0.1) is 0 Å². The summed E-state index contributed by atoms with van der Waals surface area (Å²) in [7, 11) is 0. The Labute approximate surface area is 409 Å². The van der Waals surface area contributed by atoms with Crippen LogP contribution in [0.5, 0.6) is 0 Å². The molecular formula is C64H48N6. The number of rotatable bonds is 14. The molecule has 10 aromatic carbocycles. The summed E-state index contributed by atoms with van der Waals surface area (Å²) in [6.07, 6.45) is 3.54. The summed E-state index contributed by atoms with van der Waals surface area (Å²) in [5.41, 5.74) is 16.4. The van der Waals surface area contributed by atoms with Gasteiger partial charge in [-0.05, 0) is 146 Å². The molecule has 6 nitrogen and oxygen atoms in total. The molecule has 0 unspecified atom stereocenters. The monoisotopic (exact) mass is 900 g/mol. The zero-order valence-corrected chi connectivity index (χ0v) is 38.4.